The molecule has 11 heteroatoms. The highest BCUT2D eigenvalue weighted by Gasteiger charge is 2.12. The van der Waals surface area contributed by atoms with E-state index >= 15 is 0 Å². The number of hydrogen-bond donors (Lipinski definition) is 2. The molecule has 2 aromatic carbocycles. The van der Waals surface area contributed by atoms with E-state index in [0.29, 0.717) is 24.7 Å². The summed E-state index contributed by atoms with van der Waals surface area (Å²) in [5.74, 6) is -0.449. The molecule has 2 aromatic rings. The fourth-order valence-electron chi connectivity index (χ4n) is 1.75. The molecule has 0 aromatic heterocycles. The average Bonchev–Trinajstić information content (AvgIpc) is 2.58. The molecule has 0 saturated carbocycles. The molecule has 2 rings (SSSR count). The molecule has 2 N–H and O–H groups in total. The van der Waals surface area contributed by atoms with Crippen LogP contribution in [0.3, 0.4) is 0 Å². The van der Waals surface area contributed by atoms with Crippen LogP contribution >= 0.6 is 66.7 Å². The molecule has 6 nitrogen and oxygen atoms in total. The zero-order valence-electron chi connectivity index (χ0n) is 13.3. The minimum atomic E-state index is -0.589. The number of hydrogen-bond acceptors (Lipinski definition) is 4. The van der Waals surface area contributed by atoms with Gasteiger partial charge in [-0.15, -0.1) is 0 Å². The molecule has 27 heavy (non-hydrogen) atoms. The summed E-state index contributed by atoms with van der Waals surface area (Å²) in [6.45, 7) is -0.681. The molecule has 0 atom stereocenters. The van der Waals surface area contributed by atoms with Crippen molar-refractivity contribution in [3.8, 4) is 11.5 Å². The summed E-state index contributed by atoms with van der Waals surface area (Å²) in [6, 6.07) is 7.93. The van der Waals surface area contributed by atoms with Crippen molar-refractivity contribution in [3.63, 3.8) is 0 Å². The molecular formula is C16H11Br2Cl3N2O4. The van der Waals surface area contributed by atoms with Crippen LogP contribution in [0.25, 0.3) is 0 Å². The zero-order chi connectivity index (χ0) is 20.0. The summed E-state index contributed by atoms with van der Waals surface area (Å²) in [5.41, 5.74) is 4.41. The SMILES string of the molecule is O=C(COc1ccc(Cl)cc1Br)NNC(=O)COc1c(Cl)cc(Cl)cc1Br. The van der Waals surface area contributed by atoms with Crippen molar-refractivity contribution in [2.75, 3.05) is 13.2 Å². The van der Waals surface area contributed by atoms with E-state index in [1.165, 1.54) is 6.07 Å². The topological polar surface area (TPSA) is 76.7 Å². The van der Waals surface area contributed by atoms with Crippen LogP contribution in [0.4, 0.5) is 0 Å². The maximum absolute atomic E-state index is 11.8. The van der Waals surface area contributed by atoms with Gasteiger partial charge in [-0.3, -0.25) is 20.4 Å². The Hall–Kier alpha value is -1.19. The lowest BCUT2D eigenvalue weighted by Gasteiger charge is -2.12. The number of ether oxygens (including phenoxy) is 2. The minimum absolute atomic E-state index is 0.244. The van der Waals surface area contributed by atoms with Gasteiger partial charge in [-0.05, 0) is 62.2 Å². The summed E-state index contributed by atoms with van der Waals surface area (Å²) in [5, 5.41) is 1.19. The summed E-state index contributed by atoms with van der Waals surface area (Å²) >= 11 is 24.2. The highest BCUT2D eigenvalue weighted by atomic mass is 79.9. The van der Waals surface area contributed by atoms with E-state index in [4.69, 9.17) is 44.3 Å². The Morgan fingerprint density at radius 2 is 1.44 bits per heavy atom. The average molecular weight is 561 g/mol. The Bertz CT molecular complexity index is 845. The maximum Gasteiger partial charge on any atom is 0.276 e. The minimum Gasteiger partial charge on any atom is -0.483 e. The Morgan fingerprint density at radius 3 is 2.04 bits per heavy atom. The van der Waals surface area contributed by atoms with Crippen LogP contribution in [-0.4, -0.2) is 25.0 Å². The Labute approximate surface area is 186 Å². The van der Waals surface area contributed by atoms with Crippen molar-refractivity contribution in [2.24, 2.45) is 0 Å². The number of hydrazine groups is 1. The molecule has 0 aliphatic carbocycles. The predicted molar refractivity (Wildman–Crippen MR) is 111 cm³/mol. The largest absolute Gasteiger partial charge is 0.483 e. The van der Waals surface area contributed by atoms with Gasteiger partial charge in [0.15, 0.2) is 19.0 Å². The third-order valence-electron chi connectivity index (χ3n) is 2.90. The summed E-state index contributed by atoms with van der Waals surface area (Å²) in [6.07, 6.45) is 0. The second-order valence-corrected chi connectivity index (χ2v) is 7.94. The molecule has 0 radical (unpaired) electrons. The highest BCUT2D eigenvalue weighted by Crippen LogP contribution is 2.35. The van der Waals surface area contributed by atoms with Gasteiger partial charge in [0.05, 0.1) is 14.0 Å². The van der Waals surface area contributed by atoms with Crippen LogP contribution in [0.2, 0.25) is 15.1 Å². The van der Waals surface area contributed by atoms with Crippen molar-refractivity contribution >= 4 is 78.5 Å². The lowest BCUT2D eigenvalue weighted by atomic mass is 10.3. The van der Waals surface area contributed by atoms with Crippen LogP contribution in [-0.2, 0) is 9.59 Å². The molecule has 144 valence electrons. The van der Waals surface area contributed by atoms with Crippen molar-refractivity contribution in [1.82, 2.24) is 10.9 Å². The molecule has 0 aliphatic rings. The second-order valence-electron chi connectivity index (χ2n) is 4.95. The summed E-state index contributed by atoms with van der Waals surface area (Å²) < 4.78 is 11.7. The van der Waals surface area contributed by atoms with Crippen LogP contribution in [0.5, 0.6) is 11.5 Å². The van der Waals surface area contributed by atoms with E-state index in [1.807, 2.05) is 0 Å². The van der Waals surface area contributed by atoms with E-state index in [1.54, 1.807) is 24.3 Å². The van der Waals surface area contributed by atoms with E-state index in [-0.39, 0.29) is 24.0 Å². The van der Waals surface area contributed by atoms with E-state index in [9.17, 15) is 9.59 Å². The lowest BCUT2D eigenvalue weighted by Crippen LogP contribution is -2.45. The zero-order valence-corrected chi connectivity index (χ0v) is 18.8. The Kier molecular flexibility index (Phi) is 8.50. The molecule has 2 amide bonds. The fourth-order valence-corrected chi connectivity index (χ4v) is 3.92. The van der Waals surface area contributed by atoms with E-state index in [0.717, 1.165) is 0 Å². The number of carbonyl (C=O) groups excluding carboxylic acids is 2. The molecular weight excluding hydrogens is 550 g/mol. The standard InChI is InChI=1S/C16H11Br2Cl3N2O4/c17-10-3-8(19)1-2-13(10)26-6-14(24)22-23-15(25)7-27-16-11(18)4-9(20)5-12(16)21/h1-5H,6-7H2,(H,22,24)(H,23,25). The molecule has 0 heterocycles. The van der Waals surface area contributed by atoms with Gasteiger partial charge in [-0.25, -0.2) is 0 Å². The Balaban J connectivity index is 1.76. The highest BCUT2D eigenvalue weighted by molar-refractivity contribution is 9.10. The first-order valence-electron chi connectivity index (χ1n) is 7.19. The van der Waals surface area contributed by atoms with Crippen LogP contribution in [0.1, 0.15) is 0 Å². The predicted octanol–water partition coefficient (Wildman–Crippen LogP) is 4.78. The van der Waals surface area contributed by atoms with Gasteiger partial charge >= 0.3 is 0 Å². The van der Waals surface area contributed by atoms with Crippen LogP contribution in [0.15, 0.2) is 39.3 Å². The molecule has 0 fully saturated rings. The Morgan fingerprint density at radius 1 is 0.852 bits per heavy atom. The quantitative estimate of drug-likeness (QED) is 0.498. The monoisotopic (exact) mass is 558 g/mol. The smallest absolute Gasteiger partial charge is 0.276 e. The summed E-state index contributed by atoms with van der Waals surface area (Å²) in [4.78, 5) is 23.5. The fraction of sp³-hybridized carbons (Fsp3) is 0.125. The lowest BCUT2D eigenvalue weighted by molar-refractivity contribution is -0.131. The van der Waals surface area contributed by atoms with Crippen LogP contribution < -0.4 is 20.3 Å². The molecule has 0 saturated heterocycles. The van der Waals surface area contributed by atoms with Gasteiger partial charge < -0.3 is 9.47 Å². The van der Waals surface area contributed by atoms with Gasteiger partial charge in [-0.2, -0.15) is 0 Å². The van der Waals surface area contributed by atoms with Gasteiger partial charge in [-0.1, -0.05) is 34.8 Å². The molecule has 0 aliphatic heterocycles. The number of rotatable bonds is 6. The number of nitrogens with one attached hydrogen (secondary N) is 2. The normalized spacial score (nSPS) is 10.3. The van der Waals surface area contributed by atoms with E-state index < -0.39 is 11.8 Å². The van der Waals surface area contributed by atoms with Crippen molar-refractivity contribution in [1.29, 1.82) is 0 Å². The van der Waals surface area contributed by atoms with Crippen molar-refractivity contribution in [3.05, 3.63) is 54.3 Å². The van der Waals surface area contributed by atoms with Gasteiger partial charge in [0.1, 0.15) is 5.75 Å². The van der Waals surface area contributed by atoms with Crippen molar-refractivity contribution < 1.29 is 19.1 Å². The van der Waals surface area contributed by atoms with Crippen LogP contribution in [0, 0.1) is 0 Å². The first-order valence-corrected chi connectivity index (χ1v) is 9.91. The van der Waals surface area contributed by atoms with Gasteiger partial charge in [0, 0.05) is 10.0 Å². The number of carbonyl (C=O) groups is 2. The number of amides is 2. The number of benzene rings is 2. The first kappa shape index (κ1) is 22.1. The maximum atomic E-state index is 11.8. The molecule has 0 bridgehead atoms. The second kappa shape index (κ2) is 10.4. The third kappa shape index (κ3) is 7.04. The first-order chi connectivity index (χ1) is 12.8. The molecule has 0 unspecified atom stereocenters. The number of halogens is 5. The third-order valence-corrected chi connectivity index (χ3v) is 4.85. The molecule has 0 spiro atoms. The van der Waals surface area contributed by atoms with E-state index in [2.05, 4.69) is 42.7 Å². The van der Waals surface area contributed by atoms with Gasteiger partial charge in [0.25, 0.3) is 11.8 Å². The summed E-state index contributed by atoms with van der Waals surface area (Å²) in [7, 11) is 0. The van der Waals surface area contributed by atoms with Crippen molar-refractivity contribution in [2.45, 2.75) is 0 Å². The van der Waals surface area contributed by atoms with Gasteiger partial charge in [0.2, 0.25) is 0 Å².